The third-order valence-electron chi connectivity index (χ3n) is 2.43. The van der Waals surface area contributed by atoms with Crippen LogP contribution in [0.5, 0.6) is 0 Å². The molecule has 0 spiro atoms. The smallest absolute Gasteiger partial charge is 0.0954 e. The minimum Gasteiger partial charge on any atom is -0.396 e. The van der Waals surface area contributed by atoms with Gasteiger partial charge in [-0.2, -0.15) is 5.26 Å². The summed E-state index contributed by atoms with van der Waals surface area (Å²) in [5, 5.41) is 17.5. The summed E-state index contributed by atoms with van der Waals surface area (Å²) in [6.45, 7) is 6.50. The fourth-order valence-corrected chi connectivity index (χ4v) is 1.75. The Labute approximate surface area is 79.3 Å². The Balaban J connectivity index is 2.35. The molecule has 1 N–H and O–H groups in total. The Kier molecular flexibility index (Phi) is 3.94. The summed E-state index contributed by atoms with van der Waals surface area (Å²) >= 11 is 0. The van der Waals surface area contributed by atoms with Crippen LogP contribution in [0.2, 0.25) is 0 Å². The Hall–Kier alpha value is -0.850. The third kappa shape index (κ3) is 3.17. The summed E-state index contributed by atoms with van der Waals surface area (Å²) in [6, 6.07) is 2.05. The second kappa shape index (κ2) is 5.00. The summed E-state index contributed by atoms with van der Waals surface area (Å²) in [7, 11) is 0. The van der Waals surface area contributed by atoms with Crippen molar-refractivity contribution in [1.82, 2.24) is 4.90 Å². The van der Waals surface area contributed by atoms with Crippen LogP contribution in [0, 0.1) is 17.2 Å². The zero-order valence-electron chi connectivity index (χ0n) is 7.87. The van der Waals surface area contributed by atoms with Gasteiger partial charge in [-0.3, -0.25) is 4.90 Å². The first-order valence-corrected chi connectivity index (χ1v) is 4.67. The fourth-order valence-electron chi connectivity index (χ4n) is 1.75. The molecule has 3 nitrogen and oxygen atoms in total. The van der Waals surface area contributed by atoms with Crippen LogP contribution < -0.4 is 0 Å². The number of aliphatic hydroxyl groups excluding tert-OH is 1. The van der Waals surface area contributed by atoms with Gasteiger partial charge in [-0.05, 0) is 25.3 Å². The molecule has 13 heavy (non-hydrogen) atoms. The van der Waals surface area contributed by atoms with E-state index in [2.05, 4.69) is 11.5 Å². The van der Waals surface area contributed by atoms with Gasteiger partial charge < -0.3 is 5.11 Å². The van der Waals surface area contributed by atoms with Crippen molar-refractivity contribution in [2.24, 2.45) is 5.92 Å². The quantitative estimate of drug-likeness (QED) is 0.653. The Bertz CT molecular complexity index is 219. The lowest BCUT2D eigenvalue weighted by atomic mass is 9.99. The normalized spacial score (nSPS) is 23.8. The summed E-state index contributed by atoms with van der Waals surface area (Å²) < 4.78 is 0. The molecule has 0 aromatic rings. The van der Waals surface area contributed by atoms with Gasteiger partial charge in [0.1, 0.15) is 0 Å². The maximum atomic E-state index is 8.99. The van der Waals surface area contributed by atoms with Crippen LogP contribution in [0.15, 0.2) is 12.2 Å². The van der Waals surface area contributed by atoms with Gasteiger partial charge in [0.15, 0.2) is 0 Å². The Morgan fingerprint density at radius 3 is 3.08 bits per heavy atom. The van der Waals surface area contributed by atoms with Crippen molar-refractivity contribution >= 4 is 0 Å². The Morgan fingerprint density at radius 1 is 1.69 bits per heavy atom. The van der Waals surface area contributed by atoms with Crippen LogP contribution in [-0.4, -0.2) is 36.2 Å². The number of nitrogens with zero attached hydrogens (tertiary/aromatic N) is 2. The largest absolute Gasteiger partial charge is 0.396 e. The molecule has 0 aromatic heterocycles. The van der Waals surface area contributed by atoms with Crippen molar-refractivity contribution in [3.63, 3.8) is 0 Å². The van der Waals surface area contributed by atoms with E-state index in [0.29, 0.717) is 18.0 Å². The first kappa shape index (κ1) is 10.2. The number of rotatable bonds is 3. The highest BCUT2D eigenvalue weighted by Gasteiger charge is 2.18. The summed E-state index contributed by atoms with van der Waals surface area (Å²) in [5.74, 6) is 0.389. The molecule has 1 unspecified atom stereocenters. The van der Waals surface area contributed by atoms with Crippen molar-refractivity contribution in [1.29, 1.82) is 5.26 Å². The van der Waals surface area contributed by atoms with E-state index >= 15 is 0 Å². The van der Waals surface area contributed by atoms with Gasteiger partial charge in [-0.1, -0.05) is 6.58 Å². The Morgan fingerprint density at radius 2 is 2.46 bits per heavy atom. The van der Waals surface area contributed by atoms with Crippen molar-refractivity contribution in [2.75, 3.05) is 26.2 Å². The first-order valence-electron chi connectivity index (χ1n) is 4.67. The number of nitriles is 1. The zero-order valence-corrected chi connectivity index (χ0v) is 7.87. The molecule has 1 saturated heterocycles. The van der Waals surface area contributed by atoms with Crippen molar-refractivity contribution in [2.45, 2.75) is 12.8 Å². The fraction of sp³-hybridized carbons (Fsp3) is 0.700. The minimum atomic E-state index is 0.259. The minimum absolute atomic E-state index is 0.259. The second-order valence-electron chi connectivity index (χ2n) is 3.64. The topological polar surface area (TPSA) is 47.3 Å². The van der Waals surface area contributed by atoms with Gasteiger partial charge in [0, 0.05) is 25.3 Å². The van der Waals surface area contributed by atoms with Gasteiger partial charge in [0.2, 0.25) is 0 Å². The molecule has 1 aliphatic heterocycles. The molecule has 0 bridgehead atoms. The molecular weight excluding hydrogens is 164 g/mol. The van der Waals surface area contributed by atoms with Gasteiger partial charge in [0.25, 0.3) is 0 Å². The second-order valence-corrected chi connectivity index (χ2v) is 3.64. The standard InChI is InChI=1S/C10H16N2O/c1-9(5-11)6-12-4-2-3-10(7-12)8-13/h10,13H,1-4,6-8H2. The molecule has 0 saturated carbocycles. The van der Waals surface area contributed by atoms with Gasteiger partial charge in [-0.25, -0.2) is 0 Å². The molecule has 3 heteroatoms. The molecule has 1 rings (SSSR count). The summed E-state index contributed by atoms with van der Waals surface area (Å²) in [6.07, 6.45) is 2.22. The molecule has 1 heterocycles. The molecule has 0 amide bonds. The highest BCUT2D eigenvalue weighted by Crippen LogP contribution is 2.16. The summed E-state index contributed by atoms with van der Waals surface area (Å²) in [5.41, 5.74) is 0.610. The highest BCUT2D eigenvalue weighted by atomic mass is 16.3. The van der Waals surface area contributed by atoms with Crippen LogP contribution in [0.4, 0.5) is 0 Å². The molecule has 72 valence electrons. The number of likely N-dealkylation sites (tertiary alicyclic amines) is 1. The van der Waals surface area contributed by atoms with Crippen molar-refractivity contribution < 1.29 is 5.11 Å². The maximum Gasteiger partial charge on any atom is 0.0954 e. The van der Waals surface area contributed by atoms with E-state index in [1.165, 1.54) is 0 Å². The third-order valence-corrected chi connectivity index (χ3v) is 2.43. The lowest BCUT2D eigenvalue weighted by Crippen LogP contribution is -2.37. The van der Waals surface area contributed by atoms with Crippen LogP contribution in [0.25, 0.3) is 0 Å². The molecule has 0 radical (unpaired) electrons. The molecule has 0 aromatic carbocycles. The van der Waals surface area contributed by atoms with Crippen molar-refractivity contribution in [3.8, 4) is 6.07 Å². The lowest BCUT2D eigenvalue weighted by Gasteiger charge is -2.31. The van der Waals surface area contributed by atoms with Crippen LogP contribution >= 0.6 is 0 Å². The molecule has 1 fully saturated rings. The molecular formula is C10H16N2O. The first-order chi connectivity index (χ1) is 6.26. The maximum absolute atomic E-state index is 8.99. The van der Waals surface area contributed by atoms with E-state index in [-0.39, 0.29) is 6.61 Å². The summed E-state index contributed by atoms with van der Waals surface area (Å²) in [4.78, 5) is 2.19. The number of piperidine rings is 1. The predicted octanol–water partition coefficient (Wildman–Crippen LogP) is 0.770. The van der Waals surface area contributed by atoms with E-state index < -0.39 is 0 Å². The average molecular weight is 180 g/mol. The van der Waals surface area contributed by atoms with E-state index in [9.17, 15) is 0 Å². The lowest BCUT2D eigenvalue weighted by molar-refractivity contribution is 0.128. The number of hydrogen-bond donors (Lipinski definition) is 1. The van der Waals surface area contributed by atoms with E-state index in [1.54, 1.807) is 0 Å². The number of aliphatic hydroxyl groups is 1. The van der Waals surface area contributed by atoms with Crippen LogP contribution in [-0.2, 0) is 0 Å². The predicted molar refractivity (Wildman–Crippen MR) is 51.0 cm³/mol. The number of hydrogen-bond acceptors (Lipinski definition) is 3. The monoisotopic (exact) mass is 180 g/mol. The van der Waals surface area contributed by atoms with Gasteiger partial charge in [0.05, 0.1) is 6.07 Å². The average Bonchev–Trinajstić information content (AvgIpc) is 2.18. The molecule has 0 aliphatic carbocycles. The van der Waals surface area contributed by atoms with Crippen molar-refractivity contribution in [3.05, 3.63) is 12.2 Å². The SMILES string of the molecule is C=C(C#N)CN1CCCC(CO)C1. The highest BCUT2D eigenvalue weighted by molar-refractivity contribution is 5.17. The molecule has 1 aliphatic rings. The van der Waals surface area contributed by atoms with E-state index in [4.69, 9.17) is 10.4 Å². The van der Waals surface area contributed by atoms with Crippen LogP contribution in [0.1, 0.15) is 12.8 Å². The van der Waals surface area contributed by atoms with E-state index in [0.717, 1.165) is 25.9 Å². The van der Waals surface area contributed by atoms with E-state index in [1.807, 2.05) is 6.07 Å². The van der Waals surface area contributed by atoms with Gasteiger partial charge >= 0.3 is 0 Å². The molecule has 1 atom stereocenters. The van der Waals surface area contributed by atoms with Gasteiger partial charge in [-0.15, -0.1) is 0 Å². The zero-order chi connectivity index (χ0) is 9.68. The van der Waals surface area contributed by atoms with Crippen LogP contribution in [0.3, 0.4) is 0 Å².